The van der Waals surface area contributed by atoms with Crippen molar-refractivity contribution in [2.45, 2.75) is 117 Å². The van der Waals surface area contributed by atoms with Crippen LogP contribution in [-0.2, 0) is 85.7 Å². The minimum absolute atomic E-state index is 0.102. The van der Waals surface area contributed by atoms with Crippen LogP contribution in [0, 0.1) is 7.14 Å². The van der Waals surface area contributed by atoms with Crippen LogP contribution >= 0.6 is 45.2 Å². The van der Waals surface area contributed by atoms with Gasteiger partial charge in [-0.1, -0.05) is 0 Å². The lowest BCUT2D eigenvalue weighted by molar-refractivity contribution is -0.289. The summed E-state index contributed by atoms with van der Waals surface area (Å²) in [6.45, 7) is 7.83. The second-order valence-corrected chi connectivity index (χ2v) is 14.4. The fourth-order valence-electron chi connectivity index (χ4n) is 5.51. The predicted octanol–water partition coefficient (Wildman–Crippen LogP) is 1.82. The molecule has 2 aliphatic rings. The quantitative estimate of drug-likeness (QED) is 0.146. The van der Waals surface area contributed by atoms with Crippen LogP contribution in [0.5, 0.6) is 11.5 Å². The highest BCUT2D eigenvalue weighted by Gasteiger charge is 2.55. The van der Waals surface area contributed by atoms with E-state index in [2.05, 4.69) is 0 Å². The molecule has 3 rings (SSSR count). The van der Waals surface area contributed by atoms with Crippen molar-refractivity contribution in [1.82, 2.24) is 0 Å². The summed E-state index contributed by atoms with van der Waals surface area (Å²) in [4.78, 5) is 96.6. The molecule has 2 heterocycles. The highest BCUT2D eigenvalue weighted by Crippen LogP contribution is 2.38. The first-order chi connectivity index (χ1) is 26.2. The van der Waals surface area contributed by atoms with Gasteiger partial charge in [0.05, 0.1) is 7.14 Å². The summed E-state index contributed by atoms with van der Waals surface area (Å²) in [7, 11) is 0. The van der Waals surface area contributed by atoms with E-state index in [1.54, 1.807) is 0 Å². The van der Waals surface area contributed by atoms with Gasteiger partial charge in [-0.15, -0.1) is 0 Å². The fourth-order valence-corrected chi connectivity index (χ4v) is 6.64. The highest BCUT2D eigenvalue weighted by atomic mass is 127. The van der Waals surface area contributed by atoms with Crippen molar-refractivity contribution < 1.29 is 95.2 Å². The van der Waals surface area contributed by atoms with Gasteiger partial charge in [-0.3, -0.25) is 38.4 Å². The lowest BCUT2D eigenvalue weighted by atomic mass is 9.98. The van der Waals surface area contributed by atoms with Gasteiger partial charge >= 0.3 is 47.8 Å². The summed E-state index contributed by atoms with van der Waals surface area (Å²) >= 11 is 3.76. The van der Waals surface area contributed by atoms with Crippen LogP contribution in [0.2, 0.25) is 0 Å². The molecule has 1 aromatic rings. The van der Waals surface area contributed by atoms with E-state index in [4.69, 9.17) is 56.8 Å². The lowest BCUT2D eigenvalue weighted by Crippen LogP contribution is -2.63. The van der Waals surface area contributed by atoms with Gasteiger partial charge in [0.15, 0.2) is 24.4 Å². The van der Waals surface area contributed by atoms with Gasteiger partial charge in [-0.2, -0.15) is 0 Å². The maximum absolute atomic E-state index is 12.3. The van der Waals surface area contributed by atoms with Crippen molar-refractivity contribution in [3.63, 3.8) is 0 Å². The third-order valence-electron chi connectivity index (χ3n) is 7.37. The maximum Gasteiger partial charge on any atom is 0.303 e. The Morgan fingerprint density at radius 1 is 0.446 bits per heavy atom. The Balaban J connectivity index is 2.05. The van der Waals surface area contributed by atoms with Crippen molar-refractivity contribution >= 4 is 92.9 Å². The van der Waals surface area contributed by atoms with Gasteiger partial charge in [0, 0.05) is 55.4 Å². The Labute approximate surface area is 347 Å². The average molecular weight is 1020 g/mol. The third-order valence-corrected chi connectivity index (χ3v) is 9.06. The summed E-state index contributed by atoms with van der Waals surface area (Å²) in [5.41, 5.74) is 0. The van der Waals surface area contributed by atoms with Crippen LogP contribution in [0.4, 0.5) is 0 Å². The smallest absolute Gasteiger partial charge is 0.303 e. The summed E-state index contributed by atoms with van der Waals surface area (Å²) < 4.78 is 68.0. The molecule has 56 heavy (non-hydrogen) atoms. The van der Waals surface area contributed by atoms with E-state index in [0.29, 0.717) is 7.14 Å². The zero-order valence-electron chi connectivity index (χ0n) is 31.3. The fraction of sp³-hybridized carbons (Fsp3) is 0.588. The number of hydrogen-bond acceptors (Lipinski definition) is 20. The van der Waals surface area contributed by atoms with Crippen LogP contribution < -0.4 is 9.47 Å². The van der Waals surface area contributed by atoms with E-state index >= 15 is 0 Å². The van der Waals surface area contributed by atoms with Gasteiger partial charge in [-0.25, -0.2) is 0 Å². The molecule has 22 heteroatoms. The van der Waals surface area contributed by atoms with Gasteiger partial charge in [-0.05, 0) is 57.3 Å². The summed E-state index contributed by atoms with van der Waals surface area (Å²) in [6.07, 6.45) is -14.5. The largest absolute Gasteiger partial charge is 0.463 e. The molecule has 0 saturated carbocycles. The molecule has 0 radical (unpaired) electrons. The number of carbonyl (C=O) groups excluding carboxylic acids is 8. The molecule has 2 saturated heterocycles. The summed E-state index contributed by atoms with van der Waals surface area (Å²) in [5.74, 6) is -6.13. The monoisotopic (exact) mass is 1020 g/mol. The molecule has 0 amide bonds. The number of benzene rings is 1. The Hall–Kier alpha value is -4.04. The summed E-state index contributed by atoms with van der Waals surface area (Å²) in [6, 6.07) is 2.94. The molecule has 10 atom stereocenters. The van der Waals surface area contributed by atoms with E-state index in [1.807, 2.05) is 45.2 Å². The van der Waals surface area contributed by atoms with E-state index in [9.17, 15) is 38.4 Å². The minimum atomic E-state index is -1.55. The average Bonchev–Trinajstić information content (AvgIpc) is 3.05. The molecule has 4 unspecified atom stereocenters. The van der Waals surface area contributed by atoms with Gasteiger partial charge in [0.25, 0.3) is 0 Å². The molecule has 0 bridgehead atoms. The van der Waals surface area contributed by atoms with Crippen molar-refractivity contribution in [2.75, 3.05) is 13.2 Å². The molecule has 310 valence electrons. The van der Waals surface area contributed by atoms with Crippen LogP contribution in [-0.4, -0.2) is 122 Å². The number of esters is 8. The first kappa shape index (κ1) is 46.3. The normalized spacial score (nSPS) is 27.0. The maximum atomic E-state index is 12.3. The Kier molecular flexibility index (Phi) is 17.3. The lowest BCUT2D eigenvalue weighted by Gasteiger charge is -2.44. The molecule has 0 N–H and O–H groups in total. The highest BCUT2D eigenvalue weighted by molar-refractivity contribution is 14.1. The third kappa shape index (κ3) is 13.6. The standard InChI is InChI=1S/C34H40I2O20/c1-13(37)45-11-25-27(47-15(3)39)29(49-17(5)41)31(51-19(7)43)33(55-25)53-23-9-22(36)24(10-21(23)35)54-34-32(52-20(8)44)30(50-18(6)42)28(48-16(4)40)26(56-34)12-46-14(2)38/h9-10,25-34H,11-12H2,1-8H3/t25?,26?,27-,28+,29-,30-,31?,32?,33+,34+/m0/s1. The topological polar surface area (TPSA) is 247 Å². The molecule has 1 aromatic carbocycles. The zero-order chi connectivity index (χ0) is 42.0. The first-order valence-corrected chi connectivity index (χ1v) is 18.8. The number of ether oxygens (including phenoxy) is 12. The van der Waals surface area contributed by atoms with Crippen LogP contribution in [0.15, 0.2) is 12.1 Å². The van der Waals surface area contributed by atoms with Crippen molar-refractivity contribution in [2.24, 2.45) is 0 Å². The first-order valence-electron chi connectivity index (χ1n) is 16.6. The molecule has 2 fully saturated rings. The van der Waals surface area contributed by atoms with Crippen LogP contribution in [0.3, 0.4) is 0 Å². The van der Waals surface area contributed by atoms with Crippen molar-refractivity contribution in [1.29, 1.82) is 0 Å². The molecule has 0 spiro atoms. The second-order valence-electron chi connectivity index (χ2n) is 12.1. The van der Waals surface area contributed by atoms with E-state index in [-0.39, 0.29) is 11.5 Å². The second kappa shape index (κ2) is 20.9. The van der Waals surface area contributed by atoms with Gasteiger partial charge in [0.1, 0.15) is 36.9 Å². The van der Waals surface area contributed by atoms with E-state index < -0.39 is 122 Å². The molecular formula is C34H40I2O20. The summed E-state index contributed by atoms with van der Waals surface area (Å²) in [5, 5.41) is 0. The number of halogens is 2. The number of carbonyl (C=O) groups is 8. The molecule has 2 aliphatic heterocycles. The molecule has 20 nitrogen and oxygen atoms in total. The number of hydrogen-bond donors (Lipinski definition) is 0. The number of rotatable bonds is 14. The van der Waals surface area contributed by atoms with E-state index in [0.717, 1.165) is 55.4 Å². The van der Waals surface area contributed by atoms with E-state index in [1.165, 1.54) is 12.1 Å². The predicted molar refractivity (Wildman–Crippen MR) is 197 cm³/mol. The SMILES string of the molecule is CC(=O)OCC1O[C@@H](Oc2cc(I)c(O[C@@H]3OC(COC(C)=O)[C@H](OC(C)=O)[C@H](OC(C)=O)C3OC(C)=O)cc2I)C(OC(C)=O)[C@@H](OC(C)=O)[C@@H]1OC(C)=O. The Bertz CT molecular complexity index is 1550. The minimum Gasteiger partial charge on any atom is -0.463 e. The molecular weight excluding hydrogens is 982 g/mol. The zero-order valence-corrected chi connectivity index (χ0v) is 35.6. The molecule has 0 aromatic heterocycles. The van der Waals surface area contributed by atoms with Crippen molar-refractivity contribution in [3.8, 4) is 11.5 Å². The van der Waals surface area contributed by atoms with Crippen LogP contribution in [0.25, 0.3) is 0 Å². The van der Waals surface area contributed by atoms with Gasteiger partial charge < -0.3 is 56.8 Å². The van der Waals surface area contributed by atoms with Crippen LogP contribution in [0.1, 0.15) is 55.4 Å². The van der Waals surface area contributed by atoms with Crippen molar-refractivity contribution in [3.05, 3.63) is 19.3 Å². The molecule has 0 aliphatic carbocycles. The Morgan fingerprint density at radius 2 is 0.714 bits per heavy atom. The Morgan fingerprint density at radius 3 is 0.982 bits per heavy atom. The van der Waals surface area contributed by atoms with Gasteiger partial charge in [0.2, 0.25) is 24.8 Å².